The van der Waals surface area contributed by atoms with Crippen molar-refractivity contribution in [3.8, 4) is 0 Å². The Morgan fingerprint density at radius 2 is 1.71 bits per heavy atom. The van der Waals surface area contributed by atoms with Gasteiger partial charge in [0.15, 0.2) is 0 Å². The Labute approximate surface area is 116 Å². The first-order chi connectivity index (χ1) is 5.27. The van der Waals surface area contributed by atoms with Crippen LogP contribution in [0.2, 0.25) is 0 Å². The smallest absolute Gasteiger partial charge is 0 e. The summed E-state index contributed by atoms with van der Waals surface area (Å²) in [5.41, 5.74) is 2.72. The van der Waals surface area contributed by atoms with Crippen LogP contribution in [0.4, 0.5) is 0 Å². The number of benzene rings is 1. The standard InChI is InChI=1S/C11H11.2ClH.Hf/c1-8-3-5-10-6-4-9(2)11(10)7-8;;;/h3-7H,1-2H3;2*1H;/q-1;;;/p-2. The molecule has 0 bridgehead atoms. The van der Waals surface area contributed by atoms with Crippen LogP contribution in [0.1, 0.15) is 11.1 Å². The van der Waals surface area contributed by atoms with Crippen molar-refractivity contribution in [3.05, 3.63) is 41.5 Å². The first-order valence-electron chi connectivity index (χ1n) is 3.90. The molecular weight excluding hydrogens is 382 g/mol. The molecule has 0 atom stereocenters. The van der Waals surface area contributed by atoms with Gasteiger partial charge in [0.25, 0.3) is 0 Å². The molecule has 0 spiro atoms. The average molecular weight is 393 g/mol. The summed E-state index contributed by atoms with van der Waals surface area (Å²) in [6, 6.07) is 10.9. The number of hydrogen-bond donors (Lipinski definition) is 0. The molecule has 0 aliphatic carbocycles. The van der Waals surface area contributed by atoms with E-state index < -0.39 is 0 Å². The molecular formula is C11H11Cl2Hf-3. The van der Waals surface area contributed by atoms with Gasteiger partial charge >= 0.3 is 0 Å². The van der Waals surface area contributed by atoms with Crippen LogP contribution in [0.15, 0.2) is 30.3 Å². The van der Waals surface area contributed by atoms with Gasteiger partial charge in [-0.05, 0) is 6.92 Å². The predicted molar refractivity (Wildman–Crippen MR) is 49.0 cm³/mol. The number of rotatable bonds is 0. The van der Waals surface area contributed by atoms with E-state index in [1.54, 1.807) is 0 Å². The summed E-state index contributed by atoms with van der Waals surface area (Å²) in [6.07, 6.45) is 0. The van der Waals surface area contributed by atoms with Crippen LogP contribution in [0, 0.1) is 13.8 Å². The van der Waals surface area contributed by atoms with E-state index in [-0.39, 0.29) is 50.7 Å². The topological polar surface area (TPSA) is 0 Å². The number of halogens is 2. The molecule has 0 nitrogen and oxygen atoms in total. The quantitative estimate of drug-likeness (QED) is 0.335. The molecule has 3 heteroatoms. The van der Waals surface area contributed by atoms with E-state index in [9.17, 15) is 0 Å². The molecule has 2 aromatic carbocycles. The first kappa shape index (κ1) is 16.7. The summed E-state index contributed by atoms with van der Waals surface area (Å²) in [5, 5.41) is 2.75. The molecule has 0 aliphatic rings. The summed E-state index contributed by atoms with van der Waals surface area (Å²) in [7, 11) is 0. The minimum absolute atomic E-state index is 0. The maximum Gasteiger partial charge on any atom is 0 e. The van der Waals surface area contributed by atoms with Gasteiger partial charge in [0, 0.05) is 25.8 Å². The van der Waals surface area contributed by atoms with Gasteiger partial charge in [0.2, 0.25) is 0 Å². The van der Waals surface area contributed by atoms with Crippen LogP contribution in [0.3, 0.4) is 0 Å². The molecule has 0 saturated carbocycles. The first-order valence-corrected chi connectivity index (χ1v) is 3.90. The van der Waals surface area contributed by atoms with Crippen LogP contribution in [-0.2, 0) is 25.8 Å². The fraction of sp³-hybridized carbons (Fsp3) is 0.182. The van der Waals surface area contributed by atoms with Crippen LogP contribution < -0.4 is 24.8 Å². The van der Waals surface area contributed by atoms with Crippen molar-refractivity contribution >= 4 is 10.8 Å². The van der Waals surface area contributed by atoms with E-state index in [0.717, 1.165) is 0 Å². The van der Waals surface area contributed by atoms with Gasteiger partial charge in [-0.25, -0.2) is 0 Å². The van der Waals surface area contributed by atoms with E-state index >= 15 is 0 Å². The van der Waals surface area contributed by atoms with Crippen LogP contribution in [-0.4, -0.2) is 0 Å². The molecule has 0 fully saturated rings. The molecule has 76 valence electrons. The number of fused-ring (bicyclic) bond motifs is 1. The van der Waals surface area contributed by atoms with Crippen molar-refractivity contribution < 1.29 is 50.7 Å². The van der Waals surface area contributed by atoms with E-state index in [2.05, 4.69) is 44.2 Å². The van der Waals surface area contributed by atoms with Gasteiger partial charge in [0.05, 0.1) is 0 Å². The van der Waals surface area contributed by atoms with Crippen molar-refractivity contribution in [2.24, 2.45) is 0 Å². The Morgan fingerprint density at radius 3 is 2.36 bits per heavy atom. The van der Waals surface area contributed by atoms with Gasteiger partial charge in [-0.2, -0.15) is 11.6 Å². The largest absolute Gasteiger partial charge is 1.00 e. The summed E-state index contributed by atoms with van der Waals surface area (Å²) >= 11 is 0. The second-order valence-corrected chi connectivity index (χ2v) is 3.11. The number of aryl methyl sites for hydroxylation is 2. The predicted octanol–water partition coefficient (Wildman–Crippen LogP) is -2.82. The second-order valence-electron chi connectivity index (χ2n) is 3.11. The fourth-order valence-corrected chi connectivity index (χ4v) is 1.46. The fourth-order valence-electron chi connectivity index (χ4n) is 1.46. The third-order valence-electron chi connectivity index (χ3n) is 2.15. The zero-order valence-electron chi connectivity index (χ0n) is 8.14. The Bertz CT molecular complexity index is 393. The molecule has 2 aromatic rings. The molecule has 0 heterocycles. The van der Waals surface area contributed by atoms with E-state index in [4.69, 9.17) is 0 Å². The molecule has 0 amide bonds. The molecule has 0 radical (unpaired) electrons. The SMILES string of the molecule is Cc1ccc2[cH-]cc(C)c2c1.[Cl-].[Cl-].[Hf]. The van der Waals surface area contributed by atoms with Crippen molar-refractivity contribution in [3.63, 3.8) is 0 Å². The van der Waals surface area contributed by atoms with Gasteiger partial charge < -0.3 is 24.8 Å². The molecule has 2 rings (SSSR count). The molecule has 0 saturated heterocycles. The van der Waals surface area contributed by atoms with Crippen molar-refractivity contribution in [2.75, 3.05) is 0 Å². The number of hydrogen-bond acceptors (Lipinski definition) is 0. The van der Waals surface area contributed by atoms with E-state index in [0.29, 0.717) is 0 Å². The van der Waals surface area contributed by atoms with Gasteiger partial charge in [-0.15, -0.1) is 35.0 Å². The third-order valence-corrected chi connectivity index (χ3v) is 2.15. The Morgan fingerprint density at radius 1 is 1.07 bits per heavy atom. The normalized spacial score (nSPS) is 8.43. The van der Waals surface area contributed by atoms with E-state index in [1.165, 1.54) is 21.9 Å². The average Bonchev–Trinajstić information content (AvgIpc) is 2.33. The minimum Gasteiger partial charge on any atom is -1.00 e. The maximum atomic E-state index is 2.24. The maximum absolute atomic E-state index is 2.24. The summed E-state index contributed by atoms with van der Waals surface area (Å²) in [4.78, 5) is 0. The van der Waals surface area contributed by atoms with E-state index in [1.807, 2.05) is 0 Å². The molecule has 0 aromatic heterocycles. The van der Waals surface area contributed by atoms with Crippen molar-refractivity contribution in [2.45, 2.75) is 13.8 Å². The van der Waals surface area contributed by atoms with Crippen LogP contribution in [0.5, 0.6) is 0 Å². The van der Waals surface area contributed by atoms with Gasteiger partial charge in [-0.3, -0.25) is 0 Å². The summed E-state index contributed by atoms with van der Waals surface area (Å²) in [6.45, 7) is 4.29. The third kappa shape index (κ3) is 3.15. The molecule has 0 aliphatic heterocycles. The van der Waals surface area contributed by atoms with Crippen molar-refractivity contribution in [1.82, 2.24) is 0 Å². The second kappa shape index (κ2) is 6.71. The zero-order chi connectivity index (χ0) is 7.84. The van der Waals surface area contributed by atoms with Gasteiger partial charge in [0.1, 0.15) is 0 Å². The Balaban J connectivity index is 0. The molecule has 0 N–H and O–H groups in total. The zero-order valence-corrected chi connectivity index (χ0v) is 13.2. The summed E-state index contributed by atoms with van der Waals surface area (Å²) < 4.78 is 0. The summed E-state index contributed by atoms with van der Waals surface area (Å²) in [5.74, 6) is 0. The minimum atomic E-state index is 0. The molecule has 14 heavy (non-hydrogen) atoms. The van der Waals surface area contributed by atoms with Crippen LogP contribution in [0.25, 0.3) is 10.8 Å². The monoisotopic (exact) mass is 393 g/mol. The Hall–Kier alpha value is 0.280. The molecule has 0 unspecified atom stereocenters. The van der Waals surface area contributed by atoms with Crippen LogP contribution >= 0.6 is 0 Å². The van der Waals surface area contributed by atoms with Crippen molar-refractivity contribution in [1.29, 1.82) is 0 Å². The van der Waals surface area contributed by atoms with Gasteiger partial charge in [-0.1, -0.05) is 12.5 Å². The Kier molecular flexibility index (Phi) is 8.00.